The van der Waals surface area contributed by atoms with Crippen LogP contribution < -0.4 is 10.1 Å². The Bertz CT molecular complexity index is 765. The van der Waals surface area contributed by atoms with E-state index in [1.54, 1.807) is 37.3 Å². The summed E-state index contributed by atoms with van der Waals surface area (Å²) >= 11 is 6.05. The smallest absolute Gasteiger partial charge is 0.225 e. The number of methoxy groups -OCH3 is 1. The summed E-state index contributed by atoms with van der Waals surface area (Å²) in [4.78, 5) is 25.8. The highest BCUT2D eigenvalue weighted by Crippen LogP contribution is 2.25. The fraction of sp³-hybridized carbons (Fsp3) is 0.300. The van der Waals surface area contributed by atoms with Gasteiger partial charge in [-0.2, -0.15) is 0 Å². The van der Waals surface area contributed by atoms with Crippen LogP contribution in [0.4, 0.5) is 0 Å². The molecule has 0 aromatic heterocycles. The first-order chi connectivity index (χ1) is 12.4. The van der Waals surface area contributed by atoms with Crippen molar-refractivity contribution in [3.63, 3.8) is 0 Å². The molecule has 0 radical (unpaired) electrons. The van der Waals surface area contributed by atoms with Gasteiger partial charge in [-0.1, -0.05) is 41.9 Å². The van der Waals surface area contributed by atoms with Crippen LogP contribution in [-0.4, -0.2) is 30.9 Å². The zero-order valence-electron chi connectivity index (χ0n) is 15.2. The lowest BCUT2D eigenvalue weighted by molar-refractivity contribution is -0.131. The zero-order chi connectivity index (χ0) is 19.1. The monoisotopic (exact) mass is 374 g/mol. The quantitative estimate of drug-likeness (QED) is 0.805. The Hall–Kier alpha value is -2.53. The molecule has 0 bridgehead atoms. The minimum Gasteiger partial charge on any atom is -0.496 e. The van der Waals surface area contributed by atoms with Crippen LogP contribution in [0.3, 0.4) is 0 Å². The first kappa shape index (κ1) is 19.8. The van der Waals surface area contributed by atoms with Crippen molar-refractivity contribution in [1.29, 1.82) is 0 Å². The van der Waals surface area contributed by atoms with E-state index < -0.39 is 0 Å². The van der Waals surface area contributed by atoms with Crippen molar-refractivity contribution in [3.05, 3.63) is 64.7 Å². The van der Waals surface area contributed by atoms with Crippen LogP contribution in [0.2, 0.25) is 5.02 Å². The standard InChI is InChI=1S/C20H23ClN2O3/c1-14(24)22-18(15-7-5-4-6-8-15)12-20(25)23(2)13-16-11-17(21)9-10-19(16)26-3/h4-11,18H,12-13H2,1-3H3,(H,22,24)/t18-/m1/s1. The molecule has 1 N–H and O–H groups in total. The predicted molar refractivity (Wildman–Crippen MR) is 102 cm³/mol. The lowest BCUT2D eigenvalue weighted by Gasteiger charge is -2.23. The molecular formula is C20H23ClN2O3. The molecular weight excluding hydrogens is 352 g/mol. The number of ether oxygens (including phenoxy) is 1. The third kappa shape index (κ3) is 5.49. The van der Waals surface area contributed by atoms with Crippen LogP contribution in [0.25, 0.3) is 0 Å². The van der Waals surface area contributed by atoms with Gasteiger partial charge in [-0.05, 0) is 23.8 Å². The molecule has 2 amide bonds. The summed E-state index contributed by atoms with van der Waals surface area (Å²) in [6, 6.07) is 14.4. The molecule has 2 aromatic rings. The van der Waals surface area contributed by atoms with Gasteiger partial charge in [0.15, 0.2) is 0 Å². The number of hydrogen-bond donors (Lipinski definition) is 1. The van der Waals surface area contributed by atoms with Gasteiger partial charge in [-0.25, -0.2) is 0 Å². The Balaban J connectivity index is 2.11. The molecule has 0 aliphatic rings. The van der Waals surface area contributed by atoms with E-state index in [4.69, 9.17) is 16.3 Å². The van der Waals surface area contributed by atoms with Gasteiger partial charge in [-0.15, -0.1) is 0 Å². The highest BCUT2D eigenvalue weighted by atomic mass is 35.5. The Morgan fingerprint density at radius 1 is 1.19 bits per heavy atom. The second-order valence-electron chi connectivity index (χ2n) is 6.07. The average Bonchev–Trinajstić information content (AvgIpc) is 2.61. The number of carbonyl (C=O) groups is 2. The van der Waals surface area contributed by atoms with Gasteiger partial charge in [-0.3, -0.25) is 9.59 Å². The molecule has 1 atom stereocenters. The first-order valence-corrected chi connectivity index (χ1v) is 8.67. The molecule has 0 aliphatic carbocycles. The lowest BCUT2D eigenvalue weighted by Crippen LogP contribution is -2.33. The van der Waals surface area contributed by atoms with Gasteiger partial charge in [0.25, 0.3) is 0 Å². The molecule has 2 rings (SSSR count). The summed E-state index contributed by atoms with van der Waals surface area (Å²) in [7, 11) is 3.30. The minimum absolute atomic E-state index is 0.0883. The summed E-state index contributed by atoms with van der Waals surface area (Å²) in [5.41, 5.74) is 1.72. The maximum absolute atomic E-state index is 12.7. The average molecular weight is 375 g/mol. The largest absolute Gasteiger partial charge is 0.496 e. The molecule has 0 unspecified atom stereocenters. The maximum Gasteiger partial charge on any atom is 0.225 e. The molecule has 0 saturated heterocycles. The topological polar surface area (TPSA) is 58.6 Å². The normalized spacial score (nSPS) is 11.5. The van der Waals surface area contributed by atoms with Gasteiger partial charge in [0.1, 0.15) is 5.75 Å². The zero-order valence-corrected chi connectivity index (χ0v) is 15.9. The number of amides is 2. The number of benzene rings is 2. The number of nitrogens with zero attached hydrogens (tertiary/aromatic N) is 1. The van der Waals surface area contributed by atoms with Crippen LogP contribution >= 0.6 is 11.6 Å². The van der Waals surface area contributed by atoms with Crippen molar-refractivity contribution in [2.45, 2.75) is 25.9 Å². The second-order valence-corrected chi connectivity index (χ2v) is 6.51. The summed E-state index contributed by atoms with van der Waals surface area (Å²) in [5.74, 6) is 0.413. The van der Waals surface area contributed by atoms with E-state index in [0.29, 0.717) is 17.3 Å². The van der Waals surface area contributed by atoms with Gasteiger partial charge in [0.2, 0.25) is 11.8 Å². The Labute approximate surface area is 158 Å². The SMILES string of the molecule is COc1ccc(Cl)cc1CN(C)C(=O)C[C@@H](NC(C)=O)c1ccccc1. The predicted octanol–water partition coefficient (Wildman–Crippen LogP) is 3.57. The maximum atomic E-state index is 12.7. The molecule has 0 spiro atoms. The fourth-order valence-electron chi connectivity index (χ4n) is 2.73. The number of nitrogens with one attached hydrogen (secondary N) is 1. The van der Waals surface area contributed by atoms with E-state index in [1.807, 2.05) is 30.3 Å². The highest BCUT2D eigenvalue weighted by Gasteiger charge is 2.20. The summed E-state index contributed by atoms with van der Waals surface area (Å²) < 4.78 is 5.33. The Kier molecular flexibility index (Phi) is 7.04. The Morgan fingerprint density at radius 3 is 2.50 bits per heavy atom. The fourth-order valence-corrected chi connectivity index (χ4v) is 2.92. The molecule has 5 nitrogen and oxygen atoms in total. The van der Waals surface area contributed by atoms with Crippen LogP contribution in [0.1, 0.15) is 30.5 Å². The van der Waals surface area contributed by atoms with E-state index in [2.05, 4.69) is 5.32 Å². The third-order valence-electron chi connectivity index (χ3n) is 4.03. The number of rotatable bonds is 7. The molecule has 26 heavy (non-hydrogen) atoms. The number of carbonyl (C=O) groups excluding carboxylic acids is 2. The van der Waals surface area contributed by atoms with E-state index >= 15 is 0 Å². The molecule has 0 heterocycles. The molecule has 6 heteroatoms. The van der Waals surface area contributed by atoms with Gasteiger partial charge in [0, 0.05) is 31.1 Å². The van der Waals surface area contributed by atoms with Crippen LogP contribution in [0, 0.1) is 0 Å². The van der Waals surface area contributed by atoms with Crippen molar-refractivity contribution in [3.8, 4) is 5.75 Å². The minimum atomic E-state index is -0.370. The van der Waals surface area contributed by atoms with Crippen LogP contribution in [0.15, 0.2) is 48.5 Å². The van der Waals surface area contributed by atoms with Crippen LogP contribution in [0.5, 0.6) is 5.75 Å². The van der Waals surface area contributed by atoms with E-state index in [0.717, 1.165) is 11.1 Å². The summed E-state index contributed by atoms with van der Waals surface area (Å²) in [6.45, 7) is 1.81. The first-order valence-electron chi connectivity index (χ1n) is 8.29. The molecule has 138 valence electrons. The van der Waals surface area contributed by atoms with Gasteiger partial charge in [0.05, 0.1) is 19.6 Å². The molecule has 0 saturated carbocycles. The van der Waals surface area contributed by atoms with Crippen molar-refractivity contribution < 1.29 is 14.3 Å². The number of halogens is 1. The third-order valence-corrected chi connectivity index (χ3v) is 4.27. The number of hydrogen-bond acceptors (Lipinski definition) is 3. The van der Waals surface area contributed by atoms with Crippen molar-refractivity contribution in [2.75, 3.05) is 14.2 Å². The van der Waals surface area contributed by atoms with Crippen molar-refractivity contribution >= 4 is 23.4 Å². The summed E-state index contributed by atoms with van der Waals surface area (Å²) in [6.07, 6.45) is 0.170. The van der Waals surface area contributed by atoms with Gasteiger partial charge >= 0.3 is 0 Å². The summed E-state index contributed by atoms with van der Waals surface area (Å²) in [5, 5.41) is 3.43. The molecule has 2 aromatic carbocycles. The lowest BCUT2D eigenvalue weighted by atomic mass is 10.0. The second kappa shape index (κ2) is 9.25. The van der Waals surface area contributed by atoms with Crippen LogP contribution in [-0.2, 0) is 16.1 Å². The van der Waals surface area contributed by atoms with Crippen molar-refractivity contribution in [1.82, 2.24) is 10.2 Å². The molecule has 0 fully saturated rings. The van der Waals surface area contributed by atoms with E-state index in [9.17, 15) is 9.59 Å². The molecule has 0 aliphatic heterocycles. The van der Waals surface area contributed by atoms with Gasteiger partial charge < -0.3 is 15.0 Å². The van der Waals surface area contributed by atoms with E-state index in [-0.39, 0.29) is 24.3 Å². The van der Waals surface area contributed by atoms with Crippen molar-refractivity contribution in [2.24, 2.45) is 0 Å². The highest BCUT2D eigenvalue weighted by molar-refractivity contribution is 6.30. The van der Waals surface area contributed by atoms with E-state index in [1.165, 1.54) is 6.92 Å². The Morgan fingerprint density at radius 2 is 1.88 bits per heavy atom.